The van der Waals surface area contributed by atoms with Gasteiger partial charge < -0.3 is 10.4 Å². The zero-order valence-electron chi connectivity index (χ0n) is 10.8. The van der Waals surface area contributed by atoms with Gasteiger partial charge in [-0.3, -0.25) is 0 Å². The van der Waals surface area contributed by atoms with Gasteiger partial charge in [0.2, 0.25) is 0 Å². The van der Waals surface area contributed by atoms with Crippen LogP contribution in [0.1, 0.15) is 27.5 Å². The molecule has 0 aliphatic heterocycles. The van der Waals surface area contributed by atoms with Crippen LogP contribution in [-0.2, 0) is 6.42 Å². The number of carbonyl (C=O) groups is 1. The zero-order valence-corrected chi connectivity index (χ0v) is 10.8. The number of carboxylic acids is 1. The van der Waals surface area contributed by atoms with Gasteiger partial charge in [-0.05, 0) is 36.7 Å². The van der Waals surface area contributed by atoms with Gasteiger partial charge in [-0.1, -0.05) is 42.5 Å². The number of benzene rings is 2. The Bertz CT molecular complexity index is 534. The summed E-state index contributed by atoms with van der Waals surface area (Å²) < 4.78 is 0. The zero-order chi connectivity index (χ0) is 13.7. The number of aromatic carboxylic acids is 1. The van der Waals surface area contributed by atoms with Crippen molar-refractivity contribution in [2.45, 2.75) is 12.5 Å². The molecule has 2 N–H and O–H groups in total. The summed E-state index contributed by atoms with van der Waals surface area (Å²) in [6, 6.07) is 17.4. The number of nitrogens with one attached hydrogen (secondary N) is 1. The van der Waals surface area contributed by atoms with E-state index in [4.69, 9.17) is 5.11 Å². The normalized spacial score (nSPS) is 12.1. The molecule has 0 aliphatic carbocycles. The van der Waals surface area contributed by atoms with E-state index < -0.39 is 5.97 Å². The summed E-state index contributed by atoms with van der Waals surface area (Å²) in [5.74, 6) is -0.893. The molecule has 0 aliphatic rings. The van der Waals surface area contributed by atoms with Crippen molar-refractivity contribution in [3.8, 4) is 0 Å². The first kappa shape index (κ1) is 13.3. The second-order valence-electron chi connectivity index (χ2n) is 4.46. The Hall–Kier alpha value is -2.13. The minimum atomic E-state index is -0.893. The van der Waals surface area contributed by atoms with Crippen LogP contribution in [0.15, 0.2) is 54.6 Å². The Morgan fingerprint density at radius 1 is 1.11 bits per heavy atom. The second-order valence-corrected chi connectivity index (χ2v) is 4.46. The van der Waals surface area contributed by atoms with Gasteiger partial charge in [-0.15, -0.1) is 0 Å². The number of hydrogen-bond donors (Lipinski definition) is 2. The Kier molecular flexibility index (Phi) is 4.31. The molecule has 98 valence electrons. The van der Waals surface area contributed by atoms with E-state index >= 15 is 0 Å². The molecule has 0 fully saturated rings. The lowest BCUT2D eigenvalue weighted by atomic mass is 9.98. The van der Waals surface area contributed by atoms with Crippen molar-refractivity contribution < 1.29 is 9.90 Å². The van der Waals surface area contributed by atoms with Crippen molar-refractivity contribution in [2.24, 2.45) is 0 Å². The largest absolute Gasteiger partial charge is 0.478 e. The van der Waals surface area contributed by atoms with Crippen LogP contribution in [0.4, 0.5) is 0 Å². The quantitative estimate of drug-likeness (QED) is 0.863. The van der Waals surface area contributed by atoms with Crippen molar-refractivity contribution in [2.75, 3.05) is 7.05 Å². The fourth-order valence-corrected chi connectivity index (χ4v) is 2.09. The van der Waals surface area contributed by atoms with Crippen molar-refractivity contribution in [1.29, 1.82) is 0 Å². The number of carboxylic acid groups (broad SMARTS) is 1. The molecule has 0 aromatic heterocycles. The average Bonchev–Trinajstić information content (AvgIpc) is 2.46. The molecule has 3 heteroatoms. The van der Waals surface area contributed by atoms with Crippen molar-refractivity contribution in [3.63, 3.8) is 0 Å². The first-order valence-electron chi connectivity index (χ1n) is 6.25. The number of hydrogen-bond acceptors (Lipinski definition) is 2. The highest BCUT2D eigenvalue weighted by Gasteiger charge is 2.11. The fraction of sp³-hybridized carbons (Fsp3) is 0.188. The Labute approximate surface area is 112 Å². The van der Waals surface area contributed by atoms with Crippen LogP contribution in [-0.4, -0.2) is 18.1 Å². The predicted octanol–water partition coefficient (Wildman–Crippen LogP) is 2.89. The van der Waals surface area contributed by atoms with E-state index in [0.29, 0.717) is 5.56 Å². The summed E-state index contributed by atoms with van der Waals surface area (Å²) in [7, 11) is 1.92. The third-order valence-electron chi connectivity index (χ3n) is 3.19. The van der Waals surface area contributed by atoms with Gasteiger partial charge in [0.15, 0.2) is 0 Å². The summed E-state index contributed by atoms with van der Waals surface area (Å²) in [5.41, 5.74) is 2.67. The molecule has 1 atom stereocenters. The van der Waals surface area contributed by atoms with Gasteiger partial charge in [-0.25, -0.2) is 4.79 Å². The molecule has 1 unspecified atom stereocenters. The van der Waals surface area contributed by atoms with Crippen LogP contribution >= 0.6 is 0 Å². The predicted molar refractivity (Wildman–Crippen MR) is 75.3 cm³/mol. The lowest BCUT2D eigenvalue weighted by molar-refractivity contribution is 0.0697. The minimum absolute atomic E-state index is 0.185. The maximum Gasteiger partial charge on any atom is 0.335 e. The first-order chi connectivity index (χ1) is 9.20. The molecule has 0 radical (unpaired) electrons. The SMILES string of the molecule is CNC(Cc1ccccc1)c1ccc(C(=O)O)cc1. The standard InChI is InChI=1S/C16H17NO2/c1-17-15(11-12-5-3-2-4-6-12)13-7-9-14(10-8-13)16(18)19/h2-10,15,17H,11H2,1H3,(H,18,19). The van der Waals surface area contributed by atoms with Gasteiger partial charge in [0.1, 0.15) is 0 Å². The molecule has 2 aromatic rings. The maximum atomic E-state index is 10.8. The molecule has 0 amide bonds. The summed E-state index contributed by atoms with van der Waals surface area (Å²) >= 11 is 0. The third kappa shape index (κ3) is 3.42. The minimum Gasteiger partial charge on any atom is -0.478 e. The Morgan fingerprint density at radius 2 is 1.74 bits per heavy atom. The van der Waals surface area contributed by atoms with E-state index in [2.05, 4.69) is 17.4 Å². The van der Waals surface area contributed by atoms with Crippen molar-refractivity contribution in [3.05, 3.63) is 71.3 Å². The molecular weight excluding hydrogens is 238 g/mol. The topological polar surface area (TPSA) is 49.3 Å². The van der Waals surface area contributed by atoms with Crippen molar-refractivity contribution >= 4 is 5.97 Å². The second kappa shape index (κ2) is 6.16. The van der Waals surface area contributed by atoms with Crippen LogP contribution in [0.5, 0.6) is 0 Å². The average molecular weight is 255 g/mol. The van der Waals surface area contributed by atoms with Crippen LogP contribution in [0.2, 0.25) is 0 Å². The van der Waals surface area contributed by atoms with Gasteiger partial charge >= 0.3 is 5.97 Å². The summed E-state index contributed by atoms with van der Waals surface area (Å²) in [5, 5.41) is 12.2. The van der Waals surface area contributed by atoms with E-state index in [0.717, 1.165) is 12.0 Å². The summed E-state index contributed by atoms with van der Waals surface area (Å²) in [6.07, 6.45) is 0.879. The fourth-order valence-electron chi connectivity index (χ4n) is 2.09. The van der Waals surface area contributed by atoms with Crippen LogP contribution in [0, 0.1) is 0 Å². The monoisotopic (exact) mass is 255 g/mol. The van der Waals surface area contributed by atoms with E-state index in [1.54, 1.807) is 12.1 Å². The van der Waals surface area contributed by atoms with Crippen LogP contribution in [0.25, 0.3) is 0 Å². The number of rotatable bonds is 5. The molecular formula is C16H17NO2. The highest BCUT2D eigenvalue weighted by Crippen LogP contribution is 2.18. The third-order valence-corrected chi connectivity index (χ3v) is 3.19. The molecule has 0 saturated carbocycles. The highest BCUT2D eigenvalue weighted by atomic mass is 16.4. The molecule has 2 aromatic carbocycles. The van der Waals surface area contributed by atoms with Gasteiger partial charge in [0.25, 0.3) is 0 Å². The Morgan fingerprint density at radius 3 is 2.26 bits per heavy atom. The van der Waals surface area contributed by atoms with Gasteiger partial charge in [0, 0.05) is 6.04 Å². The molecule has 2 rings (SSSR count). The molecule has 19 heavy (non-hydrogen) atoms. The van der Waals surface area contributed by atoms with Crippen molar-refractivity contribution in [1.82, 2.24) is 5.32 Å². The van der Waals surface area contributed by atoms with Crippen LogP contribution < -0.4 is 5.32 Å². The van der Waals surface area contributed by atoms with Gasteiger partial charge in [0.05, 0.1) is 5.56 Å². The lowest BCUT2D eigenvalue weighted by Gasteiger charge is -2.17. The summed E-state index contributed by atoms with van der Waals surface area (Å²) in [6.45, 7) is 0. The van der Waals surface area contributed by atoms with E-state index in [1.165, 1.54) is 5.56 Å². The number of likely N-dealkylation sites (N-methyl/N-ethyl adjacent to an activating group) is 1. The highest BCUT2D eigenvalue weighted by molar-refractivity contribution is 5.87. The first-order valence-corrected chi connectivity index (χ1v) is 6.25. The van der Waals surface area contributed by atoms with E-state index in [9.17, 15) is 4.79 Å². The molecule has 0 bridgehead atoms. The van der Waals surface area contributed by atoms with Gasteiger partial charge in [-0.2, -0.15) is 0 Å². The van der Waals surface area contributed by atoms with E-state index in [-0.39, 0.29) is 6.04 Å². The smallest absolute Gasteiger partial charge is 0.335 e. The maximum absolute atomic E-state index is 10.8. The van der Waals surface area contributed by atoms with Crippen LogP contribution in [0.3, 0.4) is 0 Å². The Balaban J connectivity index is 2.15. The van der Waals surface area contributed by atoms with E-state index in [1.807, 2.05) is 37.4 Å². The lowest BCUT2D eigenvalue weighted by Crippen LogP contribution is -2.18. The molecule has 3 nitrogen and oxygen atoms in total. The molecule has 0 heterocycles. The summed E-state index contributed by atoms with van der Waals surface area (Å²) in [4.78, 5) is 10.8. The molecule has 0 spiro atoms. The molecule has 0 saturated heterocycles.